The second-order valence-corrected chi connectivity index (χ2v) is 7.65. The van der Waals surface area contributed by atoms with Gasteiger partial charge in [-0.05, 0) is 25.7 Å². The van der Waals surface area contributed by atoms with Crippen molar-refractivity contribution in [2.75, 3.05) is 31.1 Å². The lowest BCUT2D eigenvalue weighted by molar-refractivity contribution is -0.0248. The van der Waals surface area contributed by atoms with Crippen LogP contribution in [0.5, 0.6) is 0 Å². The molecular weight excluding hydrogens is 240 g/mol. The number of rotatable bonds is 2. The molecule has 0 aromatic rings. The van der Waals surface area contributed by atoms with Gasteiger partial charge in [-0.2, -0.15) is 0 Å². The van der Waals surface area contributed by atoms with Crippen LogP contribution in [0, 0.1) is 0 Å². The van der Waals surface area contributed by atoms with Gasteiger partial charge < -0.3 is 15.7 Å². The Morgan fingerprint density at radius 2 is 1.76 bits per heavy atom. The molecule has 0 bridgehead atoms. The maximum Gasteiger partial charge on any atom is 0.150 e. The minimum atomic E-state index is -2.78. The zero-order chi connectivity index (χ0) is 12.5. The molecule has 2 rings (SSSR count). The number of nitrogens with zero attached hydrogens (tertiary/aromatic N) is 1. The van der Waals surface area contributed by atoms with E-state index in [2.05, 4.69) is 4.90 Å². The van der Waals surface area contributed by atoms with Crippen LogP contribution < -0.4 is 5.73 Å². The third-order valence-corrected chi connectivity index (χ3v) is 5.86. The van der Waals surface area contributed by atoms with Crippen LogP contribution in [0.15, 0.2) is 0 Å². The molecule has 0 unspecified atom stereocenters. The molecule has 0 aromatic heterocycles. The van der Waals surface area contributed by atoms with Crippen LogP contribution in [0.25, 0.3) is 0 Å². The Labute approximate surface area is 103 Å². The molecule has 6 heteroatoms. The molecule has 2 aliphatic rings. The van der Waals surface area contributed by atoms with Crippen molar-refractivity contribution < 1.29 is 13.5 Å². The van der Waals surface area contributed by atoms with Gasteiger partial charge in [0.15, 0.2) is 0 Å². The van der Waals surface area contributed by atoms with Crippen molar-refractivity contribution in [2.24, 2.45) is 5.73 Å². The molecular formula is C11H22N2O3S. The lowest BCUT2D eigenvalue weighted by Crippen LogP contribution is -2.52. The van der Waals surface area contributed by atoms with Gasteiger partial charge in [0.05, 0.1) is 17.1 Å². The van der Waals surface area contributed by atoms with Crippen LogP contribution in [0.3, 0.4) is 0 Å². The van der Waals surface area contributed by atoms with Gasteiger partial charge in [-0.15, -0.1) is 0 Å². The third-order valence-electron chi connectivity index (χ3n) is 4.15. The van der Waals surface area contributed by atoms with Crippen molar-refractivity contribution >= 4 is 9.84 Å². The summed E-state index contributed by atoms with van der Waals surface area (Å²) in [5.74, 6) is 0.630. The van der Waals surface area contributed by atoms with E-state index in [1.807, 2.05) is 0 Å². The molecule has 0 atom stereocenters. The Morgan fingerprint density at radius 1 is 1.24 bits per heavy atom. The second kappa shape index (κ2) is 4.84. The number of likely N-dealkylation sites (tertiary alicyclic amines) is 1. The number of aliphatic hydroxyl groups is 1. The quantitative estimate of drug-likeness (QED) is 0.691. The molecule has 2 heterocycles. The lowest BCUT2D eigenvalue weighted by Gasteiger charge is -2.42. The van der Waals surface area contributed by atoms with Crippen molar-refractivity contribution in [2.45, 2.75) is 37.3 Å². The van der Waals surface area contributed by atoms with Crippen LogP contribution in [0.1, 0.15) is 25.7 Å². The van der Waals surface area contributed by atoms with Crippen molar-refractivity contribution in [3.05, 3.63) is 0 Å². The highest BCUT2D eigenvalue weighted by molar-refractivity contribution is 7.91. The van der Waals surface area contributed by atoms with E-state index in [-0.39, 0.29) is 0 Å². The highest BCUT2D eigenvalue weighted by atomic mass is 32.2. The molecule has 100 valence electrons. The van der Waals surface area contributed by atoms with Crippen LogP contribution in [0.4, 0.5) is 0 Å². The van der Waals surface area contributed by atoms with Crippen LogP contribution in [0.2, 0.25) is 0 Å². The average molecular weight is 262 g/mol. The average Bonchev–Trinajstić information content (AvgIpc) is 2.31. The number of sulfone groups is 1. The fourth-order valence-electron chi connectivity index (χ4n) is 2.75. The van der Waals surface area contributed by atoms with E-state index in [1.165, 1.54) is 0 Å². The zero-order valence-corrected chi connectivity index (χ0v) is 11.0. The molecule has 0 aliphatic carbocycles. The third kappa shape index (κ3) is 3.19. The largest absolute Gasteiger partial charge is 0.388 e. The van der Waals surface area contributed by atoms with E-state index in [4.69, 9.17) is 5.73 Å². The lowest BCUT2D eigenvalue weighted by atomic mass is 9.90. The molecule has 0 saturated carbocycles. The number of piperidine rings is 1. The number of hydrogen-bond acceptors (Lipinski definition) is 5. The fourth-order valence-corrected chi connectivity index (χ4v) is 4.22. The smallest absolute Gasteiger partial charge is 0.150 e. The van der Waals surface area contributed by atoms with E-state index in [1.54, 1.807) is 0 Å². The number of nitrogens with two attached hydrogens (primary N) is 1. The van der Waals surface area contributed by atoms with Gasteiger partial charge in [-0.25, -0.2) is 8.42 Å². The van der Waals surface area contributed by atoms with Crippen molar-refractivity contribution in [3.8, 4) is 0 Å². The summed E-state index contributed by atoms with van der Waals surface area (Å²) in [7, 11) is -2.78. The Balaban J connectivity index is 1.86. The Hall–Kier alpha value is -0.170. The highest BCUT2D eigenvalue weighted by Gasteiger charge is 2.35. The Morgan fingerprint density at radius 3 is 2.24 bits per heavy atom. The maximum absolute atomic E-state index is 11.4. The van der Waals surface area contributed by atoms with Gasteiger partial charge in [0, 0.05) is 25.7 Å². The van der Waals surface area contributed by atoms with Crippen LogP contribution in [-0.4, -0.2) is 61.2 Å². The topological polar surface area (TPSA) is 83.6 Å². The van der Waals surface area contributed by atoms with Crippen LogP contribution >= 0.6 is 0 Å². The Kier molecular flexibility index (Phi) is 3.77. The molecule has 0 aromatic carbocycles. The zero-order valence-electron chi connectivity index (χ0n) is 10.1. The molecule has 0 radical (unpaired) electrons. The van der Waals surface area contributed by atoms with Gasteiger partial charge in [-0.1, -0.05) is 0 Å². The minimum Gasteiger partial charge on any atom is -0.388 e. The standard InChI is InChI=1S/C11H22N2O3S/c12-9-11(14)3-5-13(6-4-11)10-1-7-17(15,16)8-2-10/h10,14H,1-9,12H2. The van der Waals surface area contributed by atoms with E-state index in [0.717, 1.165) is 25.9 Å². The minimum absolute atomic E-state index is 0.315. The van der Waals surface area contributed by atoms with Crippen molar-refractivity contribution in [3.63, 3.8) is 0 Å². The maximum atomic E-state index is 11.4. The van der Waals surface area contributed by atoms with Gasteiger partial charge in [-0.3, -0.25) is 0 Å². The molecule has 2 aliphatic heterocycles. The Bertz CT molecular complexity index is 347. The van der Waals surface area contributed by atoms with E-state index in [9.17, 15) is 13.5 Å². The first kappa shape index (κ1) is 13.3. The van der Waals surface area contributed by atoms with Crippen molar-refractivity contribution in [1.29, 1.82) is 0 Å². The molecule has 5 nitrogen and oxygen atoms in total. The molecule has 3 N–H and O–H groups in total. The summed E-state index contributed by atoms with van der Waals surface area (Å²) >= 11 is 0. The summed E-state index contributed by atoms with van der Waals surface area (Å²) in [6, 6.07) is 0.376. The summed E-state index contributed by atoms with van der Waals surface area (Å²) < 4.78 is 22.7. The molecule has 17 heavy (non-hydrogen) atoms. The molecule has 2 fully saturated rings. The summed E-state index contributed by atoms with van der Waals surface area (Å²) in [5.41, 5.74) is 4.85. The van der Waals surface area contributed by atoms with Gasteiger partial charge >= 0.3 is 0 Å². The molecule has 2 saturated heterocycles. The molecule has 0 spiro atoms. The first-order valence-corrected chi connectivity index (χ1v) is 8.13. The van der Waals surface area contributed by atoms with E-state index >= 15 is 0 Å². The van der Waals surface area contributed by atoms with Crippen molar-refractivity contribution in [1.82, 2.24) is 4.90 Å². The first-order valence-electron chi connectivity index (χ1n) is 6.31. The summed E-state index contributed by atoms with van der Waals surface area (Å²) in [6.45, 7) is 1.98. The normalized spacial score (nSPS) is 30.2. The SMILES string of the molecule is NCC1(O)CCN(C2CCS(=O)(=O)CC2)CC1. The van der Waals surface area contributed by atoms with Gasteiger partial charge in [0.25, 0.3) is 0 Å². The second-order valence-electron chi connectivity index (χ2n) is 5.35. The summed E-state index contributed by atoms with van der Waals surface area (Å²) in [4.78, 5) is 2.32. The number of hydrogen-bond donors (Lipinski definition) is 2. The molecule has 0 amide bonds. The van der Waals surface area contributed by atoms with Crippen LogP contribution in [-0.2, 0) is 9.84 Å². The summed E-state index contributed by atoms with van der Waals surface area (Å²) in [5, 5.41) is 10.0. The summed E-state index contributed by atoms with van der Waals surface area (Å²) in [6.07, 6.45) is 2.88. The predicted octanol–water partition coefficient (Wildman–Crippen LogP) is -0.651. The van der Waals surface area contributed by atoms with Gasteiger partial charge in [0.2, 0.25) is 0 Å². The van der Waals surface area contributed by atoms with E-state index < -0.39 is 15.4 Å². The van der Waals surface area contributed by atoms with Gasteiger partial charge in [0.1, 0.15) is 9.84 Å². The fraction of sp³-hybridized carbons (Fsp3) is 1.00. The highest BCUT2D eigenvalue weighted by Crippen LogP contribution is 2.26. The van der Waals surface area contributed by atoms with E-state index in [0.29, 0.717) is 36.9 Å². The monoisotopic (exact) mass is 262 g/mol. The predicted molar refractivity (Wildman–Crippen MR) is 66.5 cm³/mol. The first-order chi connectivity index (χ1) is 7.94.